The molecule has 1 saturated heterocycles. The van der Waals surface area contributed by atoms with Crippen LogP contribution in [0, 0.1) is 0 Å². The topological polar surface area (TPSA) is 119 Å². The Morgan fingerprint density at radius 2 is 1.77 bits per heavy atom. The van der Waals surface area contributed by atoms with Gasteiger partial charge in [-0.05, 0) is 49.4 Å². The summed E-state index contributed by atoms with van der Waals surface area (Å²) < 4.78 is 38.6. The number of hydrogen-bond donors (Lipinski definition) is 1. The predicted molar refractivity (Wildman–Crippen MR) is 108 cm³/mol. The number of benzene rings is 2. The van der Waals surface area contributed by atoms with Crippen molar-refractivity contribution in [2.24, 2.45) is 0 Å². The average molecular weight is 429 g/mol. The second-order valence-corrected chi connectivity index (χ2v) is 8.52. The minimum Gasteiger partial charge on any atom is -0.378 e. The molecule has 0 radical (unpaired) electrons. The molecule has 0 unspecified atom stereocenters. The summed E-state index contributed by atoms with van der Waals surface area (Å²) in [6, 6.07) is 10.3. The van der Waals surface area contributed by atoms with Gasteiger partial charge in [0.15, 0.2) is 17.1 Å². The van der Waals surface area contributed by atoms with E-state index < -0.39 is 10.0 Å². The van der Waals surface area contributed by atoms with E-state index in [4.69, 9.17) is 9.26 Å². The number of carbonyl (C=O) groups is 2. The lowest BCUT2D eigenvalue weighted by Gasteiger charge is -2.25. The van der Waals surface area contributed by atoms with E-state index >= 15 is 0 Å². The largest absolute Gasteiger partial charge is 0.378 e. The van der Waals surface area contributed by atoms with Crippen LogP contribution in [0.15, 0.2) is 51.9 Å². The van der Waals surface area contributed by atoms with Crippen LogP contribution in [0.2, 0.25) is 0 Å². The molecule has 10 heteroatoms. The zero-order valence-corrected chi connectivity index (χ0v) is 16.9. The van der Waals surface area contributed by atoms with Crippen molar-refractivity contribution in [3.63, 3.8) is 0 Å². The molecule has 0 spiro atoms. The second-order valence-electron chi connectivity index (χ2n) is 6.83. The maximum Gasteiger partial charge on any atom is 0.276 e. The van der Waals surface area contributed by atoms with E-state index in [2.05, 4.69) is 9.88 Å². The summed E-state index contributed by atoms with van der Waals surface area (Å²) in [6.07, 6.45) is 0. The number of fused-ring (bicyclic) bond motifs is 1. The Hall–Kier alpha value is -3.24. The number of anilines is 1. The van der Waals surface area contributed by atoms with Crippen molar-refractivity contribution in [1.29, 1.82) is 0 Å². The van der Waals surface area contributed by atoms with Gasteiger partial charge in [0.1, 0.15) is 0 Å². The number of Topliss-reactive ketones (excluding diaryl/α,β-unsaturated/α-hetero) is 1. The van der Waals surface area contributed by atoms with Crippen molar-refractivity contribution in [2.75, 3.05) is 31.0 Å². The lowest BCUT2D eigenvalue weighted by atomic mass is 10.1. The first-order valence-electron chi connectivity index (χ1n) is 9.25. The molecule has 1 aliphatic heterocycles. The monoisotopic (exact) mass is 429 g/mol. The molecule has 1 N–H and O–H groups in total. The highest BCUT2D eigenvalue weighted by atomic mass is 32.2. The molecule has 156 valence electrons. The third kappa shape index (κ3) is 3.91. The molecule has 3 aromatic rings. The van der Waals surface area contributed by atoms with Crippen LogP contribution in [0.25, 0.3) is 11.0 Å². The van der Waals surface area contributed by atoms with Gasteiger partial charge in [0.2, 0.25) is 0 Å². The molecule has 0 bridgehead atoms. The molecule has 0 aliphatic carbocycles. The Bertz CT molecular complexity index is 1210. The van der Waals surface area contributed by atoms with Crippen molar-refractivity contribution in [3.8, 4) is 0 Å². The molecule has 9 nitrogen and oxygen atoms in total. The van der Waals surface area contributed by atoms with Gasteiger partial charge in [-0.2, -0.15) is 0 Å². The minimum atomic E-state index is -3.93. The number of rotatable bonds is 5. The maximum absolute atomic E-state index is 12.8. The number of ether oxygens (including phenoxy) is 1. The van der Waals surface area contributed by atoms with Gasteiger partial charge in [-0.1, -0.05) is 5.16 Å². The average Bonchev–Trinajstić information content (AvgIpc) is 3.17. The highest BCUT2D eigenvalue weighted by Crippen LogP contribution is 2.25. The molecule has 0 atom stereocenters. The molecule has 30 heavy (non-hydrogen) atoms. The van der Waals surface area contributed by atoms with Crippen molar-refractivity contribution in [2.45, 2.75) is 11.8 Å². The standard InChI is InChI=1S/C20H19N3O6S/c1-13(24)14-2-4-15(5-3-14)22-30(26,27)16-6-7-18-17(12-16)19(21-29-18)20(25)23-8-10-28-11-9-23/h2-7,12,22H,8-11H2,1H3. The van der Waals surface area contributed by atoms with E-state index in [9.17, 15) is 18.0 Å². The van der Waals surface area contributed by atoms with Crippen LogP contribution < -0.4 is 4.72 Å². The van der Waals surface area contributed by atoms with E-state index in [0.29, 0.717) is 48.5 Å². The Labute approximate surface area is 172 Å². The summed E-state index contributed by atoms with van der Waals surface area (Å²) in [5.74, 6) is -0.445. The lowest BCUT2D eigenvalue weighted by molar-refractivity contribution is 0.0297. The van der Waals surface area contributed by atoms with E-state index in [1.807, 2.05) is 0 Å². The quantitative estimate of drug-likeness (QED) is 0.618. The van der Waals surface area contributed by atoms with Gasteiger partial charge in [-0.15, -0.1) is 0 Å². The molecular weight excluding hydrogens is 410 g/mol. The summed E-state index contributed by atoms with van der Waals surface area (Å²) in [5.41, 5.74) is 1.18. The third-order valence-corrected chi connectivity index (χ3v) is 6.18. The number of aromatic nitrogens is 1. The molecule has 1 fully saturated rings. The van der Waals surface area contributed by atoms with Gasteiger partial charge in [0, 0.05) is 24.3 Å². The highest BCUT2D eigenvalue weighted by Gasteiger charge is 2.25. The normalized spacial score (nSPS) is 14.6. The SMILES string of the molecule is CC(=O)c1ccc(NS(=O)(=O)c2ccc3onc(C(=O)N4CCOCC4)c3c2)cc1. The number of sulfonamides is 1. The molecule has 0 saturated carbocycles. The Balaban J connectivity index is 1.63. The summed E-state index contributed by atoms with van der Waals surface area (Å²) >= 11 is 0. The van der Waals surface area contributed by atoms with E-state index in [1.54, 1.807) is 17.0 Å². The smallest absolute Gasteiger partial charge is 0.276 e. The molecule has 1 aliphatic rings. The first-order chi connectivity index (χ1) is 14.3. The van der Waals surface area contributed by atoms with Crippen molar-refractivity contribution >= 4 is 38.4 Å². The number of ketones is 1. The predicted octanol–water partition coefficient (Wildman–Crippen LogP) is 2.30. The fraction of sp³-hybridized carbons (Fsp3) is 0.250. The van der Waals surface area contributed by atoms with Gasteiger partial charge in [-0.3, -0.25) is 14.3 Å². The second kappa shape index (κ2) is 7.88. The fourth-order valence-electron chi connectivity index (χ4n) is 3.14. The summed E-state index contributed by atoms with van der Waals surface area (Å²) in [6.45, 7) is 3.18. The van der Waals surface area contributed by atoms with Crippen LogP contribution in [0.3, 0.4) is 0 Å². The fourth-order valence-corrected chi connectivity index (χ4v) is 4.23. The van der Waals surface area contributed by atoms with Crippen molar-refractivity contribution in [3.05, 3.63) is 53.7 Å². The first kappa shape index (κ1) is 20.0. The first-order valence-corrected chi connectivity index (χ1v) is 10.7. The molecule has 2 aromatic carbocycles. The van der Waals surface area contributed by atoms with Crippen molar-refractivity contribution in [1.82, 2.24) is 10.1 Å². The van der Waals surface area contributed by atoms with E-state index in [1.165, 1.54) is 37.3 Å². The zero-order valence-electron chi connectivity index (χ0n) is 16.1. The van der Waals surface area contributed by atoms with Gasteiger partial charge >= 0.3 is 0 Å². The molecule has 1 amide bonds. The number of nitrogens with one attached hydrogen (secondary N) is 1. The summed E-state index contributed by atoms with van der Waals surface area (Å²) in [5, 5.41) is 4.17. The van der Waals surface area contributed by atoms with Gasteiger partial charge < -0.3 is 14.2 Å². The van der Waals surface area contributed by atoms with E-state index in [0.717, 1.165) is 0 Å². The van der Waals surface area contributed by atoms with Gasteiger partial charge in [0.25, 0.3) is 15.9 Å². The van der Waals surface area contributed by atoms with E-state index in [-0.39, 0.29) is 22.3 Å². The van der Waals surface area contributed by atoms with Crippen LogP contribution in [0.4, 0.5) is 5.69 Å². The number of morpholine rings is 1. The lowest BCUT2D eigenvalue weighted by Crippen LogP contribution is -2.40. The van der Waals surface area contributed by atoms with Gasteiger partial charge in [0.05, 0.1) is 23.5 Å². The number of carbonyl (C=O) groups excluding carboxylic acids is 2. The van der Waals surface area contributed by atoms with Gasteiger partial charge in [-0.25, -0.2) is 8.42 Å². The number of hydrogen-bond acceptors (Lipinski definition) is 7. The van der Waals surface area contributed by atoms with Crippen LogP contribution in [0.1, 0.15) is 27.8 Å². The molecular formula is C20H19N3O6S. The molecule has 2 heterocycles. The van der Waals surface area contributed by atoms with Crippen molar-refractivity contribution < 1.29 is 27.3 Å². The Morgan fingerprint density at radius 1 is 1.07 bits per heavy atom. The zero-order chi connectivity index (χ0) is 21.3. The molecule has 4 rings (SSSR count). The summed E-state index contributed by atoms with van der Waals surface area (Å²) in [4.78, 5) is 25.7. The number of nitrogens with zero attached hydrogens (tertiary/aromatic N) is 2. The Kier molecular flexibility index (Phi) is 5.27. The van der Waals surface area contributed by atoms with Crippen LogP contribution >= 0.6 is 0 Å². The van der Waals surface area contributed by atoms with Crippen LogP contribution in [0.5, 0.6) is 0 Å². The number of amides is 1. The maximum atomic E-state index is 12.8. The Morgan fingerprint density at radius 3 is 2.43 bits per heavy atom. The highest BCUT2D eigenvalue weighted by molar-refractivity contribution is 7.92. The van der Waals surface area contributed by atoms with Crippen LogP contribution in [-0.2, 0) is 14.8 Å². The molecule has 1 aromatic heterocycles. The minimum absolute atomic E-state index is 0.0372. The van der Waals surface area contributed by atoms with Crippen LogP contribution in [-0.4, -0.2) is 56.5 Å². The summed E-state index contributed by atoms with van der Waals surface area (Å²) in [7, 11) is -3.93. The third-order valence-electron chi connectivity index (χ3n) is 4.80.